The van der Waals surface area contributed by atoms with Crippen molar-refractivity contribution in [2.45, 2.75) is 6.42 Å². The highest BCUT2D eigenvalue weighted by Gasteiger charge is 2.51. The summed E-state index contributed by atoms with van der Waals surface area (Å²) >= 11 is 9.12. The van der Waals surface area contributed by atoms with Gasteiger partial charge in [0.15, 0.2) is 5.78 Å². The highest BCUT2D eigenvalue weighted by atomic mass is 79.9. The van der Waals surface area contributed by atoms with E-state index in [1.165, 1.54) is 7.11 Å². The van der Waals surface area contributed by atoms with Crippen LogP contribution >= 0.6 is 27.5 Å². The quantitative estimate of drug-likeness (QED) is 0.478. The lowest BCUT2D eigenvalue weighted by molar-refractivity contribution is -0.148. The third-order valence-electron chi connectivity index (χ3n) is 3.04. The van der Waals surface area contributed by atoms with Crippen molar-refractivity contribution in [3.8, 4) is 0 Å². The Bertz CT molecular complexity index is 501. The van der Waals surface area contributed by atoms with Gasteiger partial charge >= 0.3 is 5.97 Å². The summed E-state index contributed by atoms with van der Waals surface area (Å²) in [7, 11) is 1.29. The van der Waals surface area contributed by atoms with E-state index in [1.54, 1.807) is 18.2 Å². The van der Waals surface area contributed by atoms with Gasteiger partial charge in [-0.1, -0.05) is 27.5 Å². The summed E-state index contributed by atoms with van der Waals surface area (Å²) in [6.07, 6.45) is 0.333. The molecule has 0 fully saturated rings. The first kappa shape index (κ1) is 12.6. The molecule has 1 atom stereocenters. The zero-order valence-electron chi connectivity index (χ0n) is 9.13. The summed E-state index contributed by atoms with van der Waals surface area (Å²) in [5.74, 6) is -0.709. The molecule has 0 bridgehead atoms. The van der Waals surface area contributed by atoms with E-state index in [0.717, 1.165) is 5.56 Å². The number of methoxy groups -OCH3 is 1. The number of ether oxygens (including phenoxy) is 1. The third-order valence-corrected chi connectivity index (χ3v) is 4.24. The van der Waals surface area contributed by atoms with Crippen molar-refractivity contribution in [2.75, 3.05) is 12.4 Å². The van der Waals surface area contributed by atoms with Gasteiger partial charge in [0, 0.05) is 15.9 Å². The van der Waals surface area contributed by atoms with Crippen LogP contribution in [0.2, 0.25) is 5.02 Å². The van der Waals surface area contributed by atoms with Crippen molar-refractivity contribution in [3.05, 3.63) is 34.3 Å². The van der Waals surface area contributed by atoms with Crippen LogP contribution in [0, 0.1) is 5.41 Å². The fraction of sp³-hybridized carbons (Fsp3) is 0.333. The average Bonchev–Trinajstić information content (AvgIpc) is 2.61. The lowest BCUT2D eigenvalue weighted by atomic mass is 9.86. The Morgan fingerprint density at radius 2 is 2.29 bits per heavy atom. The lowest BCUT2D eigenvalue weighted by Gasteiger charge is -2.21. The van der Waals surface area contributed by atoms with Crippen molar-refractivity contribution < 1.29 is 14.3 Å². The topological polar surface area (TPSA) is 43.4 Å². The molecule has 0 N–H and O–H groups in total. The number of ketones is 1. The van der Waals surface area contributed by atoms with Gasteiger partial charge in [-0.3, -0.25) is 9.59 Å². The first-order valence-electron chi connectivity index (χ1n) is 5.03. The maximum atomic E-state index is 12.3. The Morgan fingerprint density at radius 1 is 1.59 bits per heavy atom. The van der Waals surface area contributed by atoms with Crippen LogP contribution in [0.1, 0.15) is 15.9 Å². The van der Waals surface area contributed by atoms with Crippen molar-refractivity contribution in [1.29, 1.82) is 0 Å². The Morgan fingerprint density at radius 3 is 2.88 bits per heavy atom. The predicted molar refractivity (Wildman–Crippen MR) is 67.7 cm³/mol. The second-order valence-electron chi connectivity index (χ2n) is 4.01. The predicted octanol–water partition coefficient (Wildman–Crippen LogP) is 2.63. The van der Waals surface area contributed by atoms with Crippen molar-refractivity contribution in [3.63, 3.8) is 0 Å². The molecule has 0 amide bonds. The Balaban J connectivity index is 2.51. The van der Waals surface area contributed by atoms with E-state index in [9.17, 15) is 9.59 Å². The largest absolute Gasteiger partial charge is 0.468 e. The standard InChI is InChI=1S/C12H10BrClO3/c1-17-11(16)12(6-13)5-7-4-8(14)2-3-9(7)10(12)15/h2-4H,5-6H2,1H3. The summed E-state index contributed by atoms with van der Waals surface area (Å²) in [6, 6.07) is 5.04. The first-order valence-corrected chi connectivity index (χ1v) is 6.52. The van der Waals surface area contributed by atoms with Gasteiger partial charge in [-0.15, -0.1) is 0 Å². The molecule has 0 heterocycles. The second-order valence-corrected chi connectivity index (χ2v) is 5.01. The Kier molecular flexibility index (Phi) is 3.27. The Labute approximate surface area is 112 Å². The third kappa shape index (κ3) is 1.79. The van der Waals surface area contributed by atoms with Gasteiger partial charge < -0.3 is 4.74 Å². The van der Waals surface area contributed by atoms with Crippen LogP contribution in [0.3, 0.4) is 0 Å². The molecule has 2 rings (SSSR count). The van der Waals surface area contributed by atoms with Gasteiger partial charge in [-0.25, -0.2) is 0 Å². The van der Waals surface area contributed by atoms with Gasteiger partial charge in [0.1, 0.15) is 5.41 Å². The summed E-state index contributed by atoms with van der Waals surface area (Å²) in [5, 5.41) is 0.810. The molecule has 0 saturated carbocycles. The number of carbonyl (C=O) groups is 2. The molecule has 0 aromatic heterocycles. The maximum absolute atomic E-state index is 12.3. The molecule has 1 aromatic carbocycles. The minimum absolute atomic E-state index is 0.201. The minimum atomic E-state index is -1.14. The molecule has 1 aliphatic rings. The second kappa shape index (κ2) is 4.42. The molecule has 0 radical (unpaired) electrons. The number of Topliss-reactive ketones (excluding diaryl/α,β-unsaturated/α-hetero) is 1. The van der Waals surface area contributed by atoms with Gasteiger partial charge in [-0.2, -0.15) is 0 Å². The fourth-order valence-corrected chi connectivity index (χ4v) is 2.99. The molecule has 0 saturated heterocycles. The number of hydrogen-bond acceptors (Lipinski definition) is 3. The zero-order valence-corrected chi connectivity index (χ0v) is 11.5. The van der Waals surface area contributed by atoms with E-state index in [-0.39, 0.29) is 11.1 Å². The molecule has 5 heteroatoms. The molecular weight excluding hydrogens is 307 g/mol. The smallest absolute Gasteiger partial charge is 0.320 e. The average molecular weight is 318 g/mol. The van der Waals surface area contributed by atoms with Crippen LogP contribution in [0.25, 0.3) is 0 Å². The van der Waals surface area contributed by atoms with Gasteiger partial charge in [0.25, 0.3) is 0 Å². The van der Waals surface area contributed by atoms with E-state index in [2.05, 4.69) is 15.9 Å². The number of fused-ring (bicyclic) bond motifs is 1. The molecule has 0 aliphatic heterocycles. The van der Waals surface area contributed by atoms with Crippen molar-refractivity contribution in [1.82, 2.24) is 0 Å². The van der Waals surface area contributed by atoms with E-state index in [4.69, 9.17) is 16.3 Å². The molecule has 1 aromatic rings. The molecule has 1 unspecified atom stereocenters. The number of hydrogen-bond donors (Lipinski definition) is 0. The number of halogens is 2. The van der Waals surface area contributed by atoms with E-state index in [1.807, 2.05) is 0 Å². The monoisotopic (exact) mass is 316 g/mol. The Hall–Kier alpha value is -0.870. The summed E-state index contributed by atoms with van der Waals surface area (Å²) in [5.41, 5.74) is 0.216. The van der Waals surface area contributed by atoms with Crippen LogP contribution in [0.5, 0.6) is 0 Å². The zero-order chi connectivity index (χ0) is 12.6. The number of carbonyl (C=O) groups excluding carboxylic acids is 2. The number of benzene rings is 1. The SMILES string of the molecule is COC(=O)C1(CBr)Cc2cc(Cl)ccc2C1=O. The fourth-order valence-electron chi connectivity index (χ4n) is 2.12. The van der Waals surface area contributed by atoms with Crippen LogP contribution in [0.4, 0.5) is 0 Å². The first-order chi connectivity index (χ1) is 8.05. The van der Waals surface area contributed by atoms with Crippen LogP contribution in [-0.2, 0) is 16.0 Å². The molecule has 0 spiro atoms. The normalized spacial score (nSPS) is 22.4. The molecule has 3 nitrogen and oxygen atoms in total. The van der Waals surface area contributed by atoms with Crippen LogP contribution < -0.4 is 0 Å². The van der Waals surface area contributed by atoms with Gasteiger partial charge in [0.2, 0.25) is 0 Å². The van der Waals surface area contributed by atoms with Crippen molar-refractivity contribution in [2.24, 2.45) is 5.41 Å². The highest BCUT2D eigenvalue weighted by Crippen LogP contribution is 2.40. The van der Waals surface area contributed by atoms with E-state index in [0.29, 0.717) is 17.0 Å². The minimum Gasteiger partial charge on any atom is -0.468 e. The van der Waals surface area contributed by atoms with Crippen LogP contribution in [0.15, 0.2) is 18.2 Å². The van der Waals surface area contributed by atoms with Crippen molar-refractivity contribution >= 4 is 39.3 Å². The summed E-state index contributed by atoms with van der Waals surface area (Å²) in [4.78, 5) is 24.1. The molecule has 90 valence electrons. The highest BCUT2D eigenvalue weighted by molar-refractivity contribution is 9.09. The number of alkyl halides is 1. The molecule has 1 aliphatic carbocycles. The molecular formula is C12H10BrClO3. The summed E-state index contributed by atoms with van der Waals surface area (Å²) < 4.78 is 4.74. The number of rotatable bonds is 2. The van der Waals surface area contributed by atoms with Gasteiger partial charge in [0.05, 0.1) is 7.11 Å². The van der Waals surface area contributed by atoms with Crippen LogP contribution in [-0.4, -0.2) is 24.2 Å². The van der Waals surface area contributed by atoms with Gasteiger partial charge in [-0.05, 0) is 30.2 Å². The van der Waals surface area contributed by atoms with E-state index < -0.39 is 11.4 Å². The summed E-state index contributed by atoms with van der Waals surface area (Å²) in [6.45, 7) is 0. The lowest BCUT2D eigenvalue weighted by Crippen LogP contribution is -2.39. The maximum Gasteiger partial charge on any atom is 0.320 e. The van der Waals surface area contributed by atoms with E-state index >= 15 is 0 Å². The molecule has 17 heavy (non-hydrogen) atoms. The number of esters is 1.